The van der Waals surface area contributed by atoms with E-state index >= 15 is 0 Å². The maximum atomic E-state index is 5.51. The minimum atomic E-state index is 0.679. The molecule has 0 aliphatic carbocycles. The van der Waals surface area contributed by atoms with E-state index in [0.717, 1.165) is 44.8 Å². The Labute approximate surface area is 131 Å². The molecule has 124 valence electrons. The minimum absolute atomic E-state index is 0.679. The highest BCUT2D eigenvalue weighted by atomic mass is 16.5. The summed E-state index contributed by atoms with van der Waals surface area (Å²) in [4.78, 5) is 5.20. The van der Waals surface area contributed by atoms with E-state index in [1.165, 1.54) is 38.9 Å². The average molecular weight is 297 g/mol. The monoisotopic (exact) mass is 297 g/mol. The second-order valence-corrected chi connectivity index (χ2v) is 7.05. The van der Waals surface area contributed by atoms with Gasteiger partial charge in [0.2, 0.25) is 0 Å². The van der Waals surface area contributed by atoms with Crippen LogP contribution in [0.15, 0.2) is 0 Å². The topological polar surface area (TPSA) is 27.7 Å². The van der Waals surface area contributed by atoms with E-state index in [0.29, 0.717) is 6.04 Å². The smallest absolute Gasteiger partial charge is 0.0594 e. The quantitative estimate of drug-likeness (QED) is 0.775. The van der Waals surface area contributed by atoms with Gasteiger partial charge < -0.3 is 15.0 Å². The lowest BCUT2D eigenvalue weighted by Crippen LogP contribution is -2.51. The van der Waals surface area contributed by atoms with Crippen molar-refractivity contribution in [3.05, 3.63) is 0 Å². The molecule has 2 saturated heterocycles. The third-order valence-corrected chi connectivity index (χ3v) is 4.98. The van der Waals surface area contributed by atoms with Crippen LogP contribution in [0.25, 0.3) is 0 Å². The normalized spacial score (nSPS) is 24.6. The van der Waals surface area contributed by atoms with Gasteiger partial charge in [-0.3, -0.25) is 4.90 Å². The van der Waals surface area contributed by atoms with Crippen molar-refractivity contribution in [2.45, 2.75) is 52.1 Å². The fourth-order valence-corrected chi connectivity index (χ4v) is 3.60. The molecule has 2 aliphatic heterocycles. The minimum Gasteiger partial charge on any atom is -0.379 e. The van der Waals surface area contributed by atoms with E-state index in [1.807, 2.05) is 0 Å². The van der Waals surface area contributed by atoms with Crippen LogP contribution in [-0.2, 0) is 4.74 Å². The first-order valence-corrected chi connectivity index (χ1v) is 8.96. The zero-order valence-corrected chi connectivity index (χ0v) is 14.3. The molecule has 2 fully saturated rings. The first kappa shape index (κ1) is 17.2. The van der Waals surface area contributed by atoms with E-state index < -0.39 is 0 Å². The standard InChI is InChI=1S/C17H35N3O/c1-4-19-7-5-16(6-8-19)18-14-17(13-15(2)3)20-9-11-21-12-10-20/h15-18H,4-14H2,1-3H3. The van der Waals surface area contributed by atoms with E-state index in [4.69, 9.17) is 4.74 Å². The number of rotatable bonds is 7. The highest BCUT2D eigenvalue weighted by Crippen LogP contribution is 2.15. The molecule has 0 aromatic heterocycles. The first-order chi connectivity index (χ1) is 10.2. The maximum Gasteiger partial charge on any atom is 0.0594 e. The molecule has 1 atom stereocenters. The number of piperidine rings is 1. The Morgan fingerprint density at radius 1 is 1.10 bits per heavy atom. The summed E-state index contributed by atoms with van der Waals surface area (Å²) in [6.45, 7) is 15.9. The molecule has 2 rings (SSSR count). The lowest BCUT2D eigenvalue weighted by Gasteiger charge is -2.38. The van der Waals surface area contributed by atoms with Gasteiger partial charge >= 0.3 is 0 Å². The van der Waals surface area contributed by atoms with Crippen molar-refractivity contribution in [3.8, 4) is 0 Å². The van der Waals surface area contributed by atoms with Crippen LogP contribution in [0.4, 0.5) is 0 Å². The summed E-state index contributed by atoms with van der Waals surface area (Å²) in [5, 5.41) is 3.86. The van der Waals surface area contributed by atoms with Crippen molar-refractivity contribution in [1.29, 1.82) is 0 Å². The van der Waals surface area contributed by atoms with Crippen LogP contribution in [0.5, 0.6) is 0 Å². The second kappa shape index (κ2) is 9.09. The Balaban J connectivity index is 1.75. The number of hydrogen-bond donors (Lipinski definition) is 1. The fraction of sp³-hybridized carbons (Fsp3) is 1.00. The van der Waals surface area contributed by atoms with Crippen LogP contribution >= 0.6 is 0 Å². The largest absolute Gasteiger partial charge is 0.379 e. The molecule has 0 amide bonds. The van der Waals surface area contributed by atoms with Crippen molar-refractivity contribution >= 4 is 0 Å². The van der Waals surface area contributed by atoms with Crippen molar-refractivity contribution in [2.75, 3.05) is 52.5 Å². The highest BCUT2D eigenvalue weighted by molar-refractivity contribution is 4.82. The first-order valence-electron chi connectivity index (χ1n) is 8.96. The molecule has 21 heavy (non-hydrogen) atoms. The number of likely N-dealkylation sites (tertiary alicyclic amines) is 1. The van der Waals surface area contributed by atoms with Crippen LogP contribution in [0.2, 0.25) is 0 Å². The number of ether oxygens (including phenoxy) is 1. The molecule has 4 heteroatoms. The lowest BCUT2D eigenvalue weighted by atomic mass is 10.00. The summed E-state index contributed by atoms with van der Waals surface area (Å²) in [5.74, 6) is 0.765. The predicted octanol–water partition coefficient (Wildman–Crippen LogP) is 1.81. The number of hydrogen-bond acceptors (Lipinski definition) is 4. The summed E-state index contributed by atoms with van der Waals surface area (Å²) >= 11 is 0. The van der Waals surface area contributed by atoms with Crippen LogP contribution in [0, 0.1) is 5.92 Å². The molecule has 2 heterocycles. The average Bonchev–Trinajstić information content (AvgIpc) is 2.52. The number of nitrogens with zero attached hydrogens (tertiary/aromatic N) is 2. The number of morpholine rings is 1. The summed E-state index contributed by atoms with van der Waals surface area (Å²) in [6, 6.07) is 1.40. The number of nitrogens with one attached hydrogen (secondary N) is 1. The van der Waals surface area contributed by atoms with E-state index in [9.17, 15) is 0 Å². The Kier molecular flexibility index (Phi) is 7.44. The third-order valence-electron chi connectivity index (χ3n) is 4.98. The van der Waals surface area contributed by atoms with Crippen molar-refractivity contribution < 1.29 is 4.74 Å². The highest BCUT2D eigenvalue weighted by Gasteiger charge is 2.24. The van der Waals surface area contributed by atoms with Crippen LogP contribution in [-0.4, -0.2) is 74.4 Å². The SMILES string of the molecule is CCN1CCC(NCC(CC(C)C)N2CCOCC2)CC1. The fourth-order valence-electron chi connectivity index (χ4n) is 3.60. The molecule has 0 aromatic rings. The van der Waals surface area contributed by atoms with Gasteiger partial charge in [-0.05, 0) is 44.8 Å². The van der Waals surface area contributed by atoms with Crippen molar-refractivity contribution in [3.63, 3.8) is 0 Å². The van der Waals surface area contributed by atoms with Gasteiger partial charge in [-0.15, -0.1) is 0 Å². The summed E-state index contributed by atoms with van der Waals surface area (Å²) < 4.78 is 5.51. The van der Waals surface area contributed by atoms with Gasteiger partial charge in [0.1, 0.15) is 0 Å². The third kappa shape index (κ3) is 5.85. The van der Waals surface area contributed by atoms with Crippen LogP contribution < -0.4 is 5.32 Å². The Morgan fingerprint density at radius 3 is 2.33 bits per heavy atom. The Hall–Kier alpha value is -0.160. The molecule has 2 aliphatic rings. The molecule has 0 spiro atoms. The maximum absolute atomic E-state index is 5.51. The predicted molar refractivity (Wildman–Crippen MR) is 88.8 cm³/mol. The van der Waals surface area contributed by atoms with Crippen LogP contribution in [0.1, 0.15) is 40.0 Å². The van der Waals surface area contributed by atoms with Crippen molar-refractivity contribution in [1.82, 2.24) is 15.1 Å². The molecule has 0 bridgehead atoms. The zero-order chi connectivity index (χ0) is 15.1. The zero-order valence-electron chi connectivity index (χ0n) is 14.3. The second-order valence-electron chi connectivity index (χ2n) is 7.05. The van der Waals surface area contributed by atoms with E-state index in [-0.39, 0.29) is 0 Å². The summed E-state index contributed by atoms with van der Waals surface area (Å²) in [7, 11) is 0. The summed E-state index contributed by atoms with van der Waals surface area (Å²) in [6.07, 6.45) is 3.91. The van der Waals surface area contributed by atoms with Gasteiger partial charge in [-0.25, -0.2) is 0 Å². The van der Waals surface area contributed by atoms with Gasteiger partial charge in [-0.1, -0.05) is 20.8 Å². The molecule has 1 N–H and O–H groups in total. The Morgan fingerprint density at radius 2 is 1.76 bits per heavy atom. The molecular weight excluding hydrogens is 262 g/mol. The molecule has 0 saturated carbocycles. The van der Waals surface area contributed by atoms with Crippen molar-refractivity contribution in [2.24, 2.45) is 5.92 Å². The molecule has 1 unspecified atom stereocenters. The molecule has 0 aromatic carbocycles. The summed E-state index contributed by atoms with van der Waals surface area (Å²) in [5.41, 5.74) is 0. The van der Waals surface area contributed by atoms with Gasteiger partial charge in [0.05, 0.1) is 13.2 Å². The van der Waals surface area contributed by atoms with E-state index in [2.05, 4.69) is 35.9 Å². The van der Waals surface area contributed by atoms with Gasteiger partial charge in [-0.2, -0.15) is 0 Å². The molecular formula is C17H35N3O. The lowest BCUT2D eigenvalue weighted by molar-refractivity contribution is 0.0113. The molecule has 4 nitrogen and oxygen atoms in total. The van der Waals surface area contributed by atoms with Crippen LogP contribution in [0.3, 0.4) is 0 Å². The van der Waals surface area contributed by atoms with Gasteiger partial charge in [0, 0.05) is 31.7 Å². The van der Waals surface area contributed by atoms with Gasteiger partial charge in [0.25, 0.3) is 0 Å². The Bertz CT molecular complexity index is 271. The molecule has 0 radical (unpaired) electrons. The van der Waals surface area contributed by atoms with Gasteiger partial charge in [0.15, 0.2) is 0 Å². The van der Waals surface area contributed by atoms with E-state index in [1.54, 1.807) is 0 Å².